The monoisotopic (exact) mass is 450 g/mol. The van der Waals surface area contributed by atoms with Crippen molar-refractivity contribution in [3.05, 3.63) is 35.8 Å². The molecule has 1 amide bonds. The van der Waals surface area contributed by atoms with E-state index >= 15 is 0 Å². The second-order valence-electron chi connectivity index (χ2n) is 10.0. The molecule has 1 aliphatic carbocycles. The van der Waals surface area contributed by atoms with Gasteiger partial charge < -0.3 is 5.32 Å². The Morgan fingerprint density at radius 1 is 1.18 bits per heavy atom. The van der Waals surface area contributed by atoms with E-state index in [1.807, 2.05) is 12.3 Å². The number of aromatic amines is 1. The molecule has 1 saturated carbocycles. The number of aryl methyl sites for hydroxylation is 1. The van der Waals surface area contributed by atoms with Crippen molar-refractivity contribution in [3.8, 4) is 11.1 Å². The van der Waals surface area contributed by atoms with E-state index in [0.29, 0.717) is 24.7 Å². The van der Waals surface area contributed by atoms with E-state index in [9.17, 15) is 9.18 Å². The molecule has 33 heavy (non-hydrogen) atoms. The molecule has 0 radical (unpaired) electrons. The number of fused-ring (bicyclic) bond motifs is 2. The number of likely N-dealkylation sites (tertiary alicyclic amines) is 1. The number of carbonyl (C=O) groups excluding carboxylic acids is 1. The fraction of sp³-hybridized carbons (Fsp3) is 0.560. The van der Waals surface area contributed by atoms with Crippen LogP contribution in [-0.4, -0.2) is 62.6 Å². The van der Waals surface area contributed by atoms with Crippen molar-refractivity contribution in [1.82, 2.24) is 30.2 Å². The number of nitrogens with zero attached hydrogens (tertiary/aromatic N) is 4. The van der Waals surface area contributed by atoms with E-state index in [1.54, 1.807) is 0 Å². The zero-order chi connectivity index (χ0) is 22.4. The first kappa shape index (κ1) is 20.8. The van der Waals surface area contributed by atoms with Crippen LogP contribution in [0.25, 0.3) is 22.0 Å². The lowest BCUT2D eigenvalue weighted by Crippen LogP contribution is -2.50. The van der Waals surface area contributed by atoms with Gasteiger partial charge in [0, 0.05) is 48.9 Å². The van der Waals surface area contributed by atoms with Crippen LogP contribution in [0, 0.1) is 5.92 Å². The number of benzene rings is 1. The summed E-state index contributed by atoms with van der Waals surface area (Å²) in [6.45, 7) is 3.15. The molecule has 1 aromatic carbocycles. The molecule has 8 heteroatoms. The van der Waals surface area contributed by atoms with E-state index in [2.05, 4.69) is 42.3 Å². The number of carbonyl (C=O) groups is 1. The SMILES string of the molecule is O=C(NC1CCC(CN2CC(F)C2)CC1)c1n[nH]c2ccc(-c3cnn4c3CCCC4)cc12. The predicted molar refractivity (Wildman–Crippen MR) is 125 cm³/mol. The molecule has 2 aromatic heterocycles. The van der Waals surface area contributed by atoms with Gasteiger partial charge >= 0.3 is 0 Å². The Labute approximate surface area is 192 Å². The van der Waals surface area contributed by atoms with E-state index in [4.69, 9.17) is 0 Å². The summed E-state index contributed by atoms with van der Waals surface area (Å²) in [5.74, 6) is 0.503. The number of rotatable bonds is 5. The van der Waals surface area contributed by atoms with Crippen molar-refractivity contribution in [2.24, 2.45) is 5.92 Å². The molecule has 0 unspecified atom stereocenters. The number of nitrogens with one attached hydrogen (secondary N) is 2. The standard InChI is InChI=1S/C25H31FN6O/c26-18-14-31(15-18)13-16-4-7-19(8-5-16)28-25(33)24-20-11-17(6-9-22(20)29-30-24)21-12-27-32-10-2-1-3-23(21)32/h6,9,11-12,16,18-19H,1-5,7-8,10,13-15H2,(H,28,33)(H,29,30). The maximum absolute atomic E-state index is 13.1. The quantitative estimate of drug-likeness (QED) is 0.621. The van der Waals surface area contributed by atoms with Crippen LogP contribution in [0.2, 0.25) is 0 Å². The van der Waals surface area contributed by atoms with E-state index in [1.165, 1.54) is 18.5 Å². The highest BCUT2D eigenvalue weighted by atomic mass is 19.1. The summed E-state index contributed by atoms with van der Waals surface area (Å²) in [6.07, 6.45) is 8.83. The summed E-state index contributed by atoms with van der Waals surface area (Å²) in [5, 5.41) is 16.0. The Kier molecular flexibility index (Phi) is 5.40. The molecule has 0 bridgehead atoms. The summed E-state index contributed by atoms with van der Waals surface area (Å²) in [6, 6.07) is 6.34. The average Bonchev–Trinajstić information content (AvgIpc) is 3.43. The zero-order valence-corrected chi connectivity index (χ0v) is 18.9. The van der Waals surface area contributed by atoms with Crippen LogP contribution in [0.3, 0.4) is 0 Å². The molecule has 2 N–H and O–H groups in total. The minimum atomic E-state index is -0.635. The van der Waals surface area contributed by atoms with E-state index in [0.717, 1.165) is 67.2 Å². The Morgan fingerprint density at radius 2 is 2.03 bits per heavy atom. The highest BCUT2D eigenvalue weighted by Gasteiger charge is 2.31. The summed E-state index contributed by atoms with van der Waals surface area (Å²) >= 11 is 0. The van der Waals surface area contributed by atoms with Gasteiger partial charge in [-0.15, -0.1) is 0 Å². The van der Waals surface area contributed by atoms with Crippen molar-refractivity contribution in [3.63, 3.8) is 0 Å². The third kappa shape index (κ3) is 4.05. The van der Waals surface area contributed by atoms with Crippen molar-refractivity contribution >= 4 is 16.8 Å². The van der Waals surface area contributed by atoms with Gasteiger partial charge in [0.05, 0.1) is 11.7 Å². The first-order valence-electron chi connectivity index (χ1n) is 12.3. The number of amides is 1. The first-order chi connectivity index (χ1) is 16.1. The molecular weight excluding hydrogens is 419 g/mol. The fourth-order valence-electron chi connectivity index (χ4n) is 5.78. The molecule has 0 spiro atoms. The normalized spacial score (nSPS) is 23.9. The van der Waals surface area contributed by atoms with E-state index in [-0.39, 0.29) is 11.9 Å². The third-order valence-corrected chi connectivity index (χ3v) is 7.68. The lowest BCUT2D eigenvalue weighted by molar-refractivity contribution is 0.0440. The van der Waals surface area contributed by atoms with Gasteiger partial charge in [-0.3, -0.25) is 19.5 Å². The minimum Gasteiger partial charge on any atom is -0.348 e. The van der Waals surface area contributed by atoms with Gasteiger partial charge in [-0.1, -0.05) is 6.07 Å². The van der Waals surface area contributed by atoms with Gasteiger partial charge in [-0.05, 0) is 68.6 Å². The van der Waals surface area contributed by atoms with Crippen molar-refractivity contribution < 1.29 is 9.18 Å². The van der Waals surface area contributed by atoms with Crippen LogP contribution < -0.4 is 5.32 Å². The van der Waals surface area contributed by atoms with Gasteiger partial charge in [0.1, 0.15) is 6.17 Å². The number of hydrogen-bond donors (Lipinski definition) is 2. The fourth-order valence-corrected chi connectivity index (χ4v) is 5.78. The van der Waals surface area contributed by atoms with Crippen LogP contribution in [0.15, 0.2) is 24.4 Å². The zero-order valence-electron chi connectivity index (χ0n) is 18.9. The lowest BCUT2D eigenvalue weighted by atomic mass is 9.85. The van der Waals surface area contributed by atoms with Crippen molar-refractivity contribution in [2.75, 3.05) is 19.6 Å². The lowest BCUT2D eigenvalue weighted by Gasteiger charge is -2.39. The second-order valence-corrected chi connectivity index (χ2v) is 10.0. The summed E-state index contributed by atoms with van der Waals surface area (Å²) in [4.78, 5) is 15.3. The number of halogens is 1. The molecular formula is C25H31FN6O. The summed E-state index contributed by atoms with van der Waals surface area (Å²) in [5.41, 5.74) is 4.86. The predicted octanol–water partition coefficient (Wildman–Crippen LogP) is 3.71. The maximum atomic E-state index is 13.1. The van der Waals surface area contributed by atoms with Gasteiger partial charge in [0.15, 0.2) is 5.69 Å². The van der Waals surface area contributed by atoms with Crippen LogP contribution in [0.4, 0.5) is 4.39 Å². The minimum absolute atomic E-state index is 0.109. The van der Waals surface area contributed by atoms with Crippen LogP contribution in [-0.2, 0) is 13.0 Å². The second kappa shape index (κ2) is 8.56. The third-order valence-electron chi connectivity index (χ3n) is 7.68. The highest BCUT2D eigenvalue weighted by molar-refractivity contribution is 6.05. The van der Waals surface area contributed by atoms with E-state index < -0.39 is 6.17 Å². The van der Waals surface area contributed by atoms with Gasteiger partial charge in [-0.2, -0.15) is 10.2 Å². The average molecular weight is 451 g/mol. The number of aromatic nitrogens is 4. The topological polar surface area (TPSA) is 78.8 Å². The molecule has 3 aliphatic rings. The van der Waals surface area contributed by atoms with Gasteiger partial charge in [0.2, 0.25) is 0 Å². The molecule has 2 aliphatic heterocycles. The Morgan fingerprint density at radius 3 is 2.85 bits per heavy atom. The molecule has 6 rings (SSSR count). The Bertz CT molecular complexity index is 1160. The largest absolute Gasteiger partial charge is 0.348 e. The molecule has 1 saturated heterocycles. The molecule has 3 aromatic rings. The molecule has 7 nitrogen and oxygen atoms in total. The number of H-pyrrole nitrogens is 1. The van der Waals surface area contributed by atoms with Gasteiger partial charge in [-0.25, -0.2) is 4.39 Å². The van der Waals surface area contributed by atoms with Crippen LogP contribution >= 0.6 is 0 Å². The number of hydrogen-bond acceptors (Lipinski definition) is 4. The first-order valence-corrected chi connectivity index (χ1v) is 12.3. The van der Waals surface area contributed by atoms with Crippen LogP contribution in [0.5, 0.6) is 0 Å². The summed E-state index contributed by atoms with van der Waals surface area (Å²) in [7, 11) is 0. The van der Waals surface area contributed by atoms with Crippen LogP contribution in [0.1, 0.15) is 54.7 Å². The number of alkyl halides is 1. The molecule has 174 valence electrons. The summed E-state index contributed by atoms with van der Waals surface area (Å²) < 4.78 is 15.2. The molecule has 2 fully saturated rings. The smallest absolute Gasteiger partial charge is 0.272 e. The molecule has 0 atom stereocenters. The molecule has 4 heterocycles. The van der Waals surface area contributed by atoms with Crippen molar-refractivity contribution in [2.45, 2.75) is 63.7 Å². The Balaban J connectivity index is 1.14. The Hall–Kier alpha value is -2.74. The maximum Gasteiger partial charge on any atom is 0.272 e. The van der Waals surface area contributed by atoms with Gasteiger partial charge in [0.25, 0.3) is 5.91 Å². The van der Waals surface area contributed by atoms with Crippen molar-refractivity contribution in [1.29, 1.82) is 0 Å². The highest BCUT2D eigenvalue weighted by Crippen LogP contribution is 2.31.